The van der Waals surface area contributed by atoms with E-state index in [1.165, 1.54) is 5.56 Å². The number of halogens is 1. The Hall–Kier alpha value is -1.07. The van der Waals surface area contributed by atoms with Crippen molar-refractivity contribution in [3.63, 3.8) is 0 Å². The Labute approximate surface area is 93.2 Å². The maximum absolute atomic E-state index is 8.90. The van der Waals surface area contributed by atoms with Crippen molar-refractivity contribution < 1.29 is 0 Å². The number of hydrogen-bond donors (Lipinski definition) is 0. The van der Waals surface area contributed by atoms with Crippen LogP contribution in [0.4, 0.5) is 0 Å². The van der Waals surface area contributed by atoms with Crippen LogP contribution in [0.2, 0.25) is 0 Å². The van der Waals surface area contributed by atoms with Crippen LogP contribution in [0, 0.1) is 25.2 Å². The topological polar surface area (TPSA) is 23.8 Å². The molecular formula is C12H12BrN. The summed E-state index contributed by atoms with van der Waals surface area (Å²) >= 11 is 3.48. The zero-order valence-corrected chi connectivity index (χ0v) is 10.1. The van der Waals surface area contributed by atoms with E-state index in [1.807, 2.05) is 39.0 Å². The van der Waals surface area contributed by atoms with Gasteiger partial charge < -0.3 is 0 Å². The monoisotopic (exact) mass is 249 g/mol. The number of allylic oxidation sites excluding steroid dienone is 1. The molecule has 1 aromatic rings. The van der Waals surface area contributed by atoms with Crippen molar-refractivity contribution in [3.05, 3.63) is 40.5 Å². The van der Waals surface area contributed by atoms with Gasteiger partial charge in [0.2, 0.25) is 0 Å². The van der Waals surface area contributed by atoms with E-state index in [1.54, 1.807) is 0 Å². The summed E-state index contributed by atoms with van der Waals surface area (Å²) < 4.78 is 1.03. The van der Waals surface area contributed by atoms with Gasteiger partial charge in [-0.05, 0) is 43.5 Å². The van der Waals surface area contributed by atoms with Crippen LogP contribution >= 0.6 is 15.9 Å². The standard InChI is InChI=1S/C12H12BrN/c1-4-12(13)11-6-10(7-14)8(2)5-9(11)3/h4-6H,1-3H3/b12-4-. The summed E-state index contributed by atoms with van der Waals surface area (Å²) in [5, 5.41) is 8.90. The van der Waals surface area contributed by atoms with Gasteiger partial charge in [0.15, 0.2) is 0 Å². The smallest absolute Gasteiger partial charge is 0.0994 e. The first-order chi connectivity index (χ1) is 6.60. The van der Waals surface area contributed by atoms with Crippen LogP contribution in [0.1, 0.15) is 29.2 Å². The van der Waals surface area contributed by atoms with Gasteiger partial charge in [-0.2, -0.15) is 5.26 Å². The molecule has 0 aliphatic rings. The first-order valence-corrected chi connectivity index (χ1v) is 5.23. The molecule has 0 atom stereocenters. The summed E-state index contributed by atoms with van der Waals surface area (Å²) in [6, 6.07) is 6.16. The summed E-state index contributed by atoms with van der Waals surface area (Å²) in [5.74, 6) is 0. The van der Waals surface area contributed by atoms with Gasteiger partial charge in [-0.1, -0.05) is 28.1 Å². The van der Waals surface area contributed by atoms with E-state index in [2.05, 4.69) is 22.0 Å². The minimum atomic E-state index is 0.740. The third-order valence-electron chi connectivity index (χ3n) is 2.20. The third kappa shape index (κ3) is 2.05. The predicted octanol–water partition coefficient (Wildman–Crippen LogP) is 3.93. The van der Waals surface area contributed by atoms with E-state index in [9.17, 15) is 0 Å². The molecule has 0 heterocycles. The first-order valence-electron chi connectivity index (χ1n) is 4.43. The molecule has 0 aromatic heterocycles. The summed E-state index contributed by atoms with van der Waals surface area (Å²) in [5.41, 5.74) is 4.05. The zero-order chi connectivity index (χ0) is 10.7. The summed E-state index contributed by atoms with van der Waals surface area (Å²) in [6.07, 6.45) is 1.98. The van der Waals surface area contributed by atoms with Crippen molar-refractivity contribution in [1.82, 2.24) is 0 Å². The van der Waals surface area contributed by atoms with Crippen molar-refractivity contribution >= 4 is 20.4 Å². The molecule has 0 unspecified atom stereocenters. The van der Waals surface area contributed by atoms with Crippen LogP contribution in [0.25, 0.3) is 4.48 Å². The SMILES string of the molecule is C/C=C(\Br)c1cc(C#N)c(C)cc1C. The molecular weight excluding hydrogens is 238 g/mol. The number of aryl methyl sites for hydroxylation is 2. The Bertz CT molecular complexity index is 425. The van der Waals surface area contributed by atoms with Crippen LogP contribution in [-0.2, 0) is 0 Å². The van der Waals surface area contributed by atoms with E-state index in [0.717, 1.165) is 21.2 Å². The number of benzene rings is 1. The van der Waals surface area contributed by atoms with Crippen molar-refractivity contribution in [2.45, 2.75) is 20.8 Å². The van der Waals surface area contributed by atoms with Crippen LogP contribution in [0.3, 0.4) is 0 Å². The van der Waals surface area contributed by atoms with Crippen LogP contribution in [0.5, 0.6) is 0 Å². The average molecular weight is 250 g/mol. The average Bonchev–Trinajstić information content (AvgIpc) is 2.17. The highest BCUT2D eigenvalue weighted by Crippen LogP contribution is 2.26. The molecule has 1 rings (SSSR count). The second-order valence-corrected chi connectivity index (χ2v) is 4.08. The molecule has 0 fully saturated rings. The maximum Gasteiger partial charge on any atom is 0.0994 e. The molecule has 0 saturated heterocycles. The molecule has 1 nitrogen and oxygen atoms in total. The second-order valence-electron chi connectivity index (χ2n) is 3.23. The van der Waals surface area contributed by atoms with Crippen molar-refractivity contribution in [1.29, 1.82) is 5.26 Å². The van der Waals surface area contributed by atoms with Gasteiger partial charge in [0.05, 0.1) is 11.6 Å². The summed E-state index contributed by atoms with van der Waals surface area (Å²) in [7, 11) is 0. The third-order valence-corrected chi connectivity index (χ3v) is 3.09. The Morgan fingerprint density at radius 1 is 1.36 bits per heavy atom. The summed E-state index contributed by atoms with van der Waals surface area (Å²) in [4.78, 5) is 0. The van der Waals surface area contributed by atoms with Gasteiger partial charge >= 0.3 is 0 Å². The molecule has 0 amide bonds. The second kappa shape index (κ2) is 4.43. The quantitative estimate of drug-likeness (QED) is 0.740. The lowest BCUT2D eigenvalue weighted by Crippen LogP contribution is -1.90. The van der Waals surface area contributed by atoms with E-state index >= 15 is 0 Å². The van der Waals surface area contributed by atoms with Crippen LogP contribution in [0.15, 0.2) is 18.2 Å². The van der Waals surface area contributed by atoms with Gasteiger partial charge in [-0.25, -0.2) is 0 Å². The van der Waals surface area contributed by atoms with E-state index in [-0.39, 0.29) is 0 Å². The molecule has 0 radical (unpaired) electrons. The molecule has 0 aliphatic heterocycles. The Morgan fingerprint density at radius 3 is 2.50 bits per heavy atom. The van der Waals surface area contributed by atoms with Gasteiger partial charge in [0.25, 0.3) is 0 Å². The molecule has 14 heavy (non-hydrogen) atoms. The number of nitrogens with zero attached hydrogens (tertiary/aromatic N) is 1. The normalized spacial score (nSPS) is 11.2. The highest BCUT2D eigenvalue weighted by atomic mass is 79.9. The predicted molar refractivity (Wildman–Crippen MR) is 63.2 cm³/mol. The fourth-order valence-corrected chi connectivity index (χ4v) is 1.81. The fraction of sp³-hybridized carbons (Fsp3) is 0.250. The van der Waals surface area contributed by atoms with E-state index in [4.69, 9.17) is 5.26 Å². The lowest BCUT2D eigenvalue weighted by Gasteiger charge is -2.07. The Morgan fingerprint density at radius 2 is 2.00 bits per heavy atom. The van der Waals surface area contributed by atoms with Gasteiger partial charge in [-0.15, -0.1) is 0 Å². The lowest BCUT2D eigenvalue weighted by molar-refractivity contribution is 1.33. The van der Waals surface area contributed by atoms with Crippen molar-refractivity contribution in [3.8, 4) is 6.07 Å². The Balaban J connectivity index is 3.41. The van der Waals surface area contributed by atoms with Gasteiger partial charge in [0.1, 0.15) is 0 Å². The molecule has 0 aliphatic carbocycles. The van der Waals surface area contributed by atoms with Crippen molar-refractivity contribution in [2.75, 3.05) is 0 Å². The van der Waals surface area contributed by atoms with Crippen LogP contribution in [-0.4, -0.2) is 0 Å². The fourth-order valence-electron chi connectivity index (χ4n) is 1.39. The summed E-state index contributed by atoms with van der Waals surface area (Å²) in [6.45, 7) is 5.97. The zero-order valence-electron chi connectivity index (χ0n) is 8.56. The van der Waals surface area contributed by atoms with E-state index in [0.29, 0.717) is 0 Å². The Kier molecular flexibility index (Phi) is 3.49. The van der Waals surface area contributed by atoms with Gasteiger partial charge in [0, 0.05) is 4.48 Å². The highest BCUT2D eigenvalue weighted by Gasteiger charge is 2.05. The first kappa shape index (κ1) is 11.0. The maximum atomic E-state index is 8.90. The molecule has 2 heteroatoms. The van der Waals surface area contributed by atoms with E-state index < -0.39 is 0 Å². The minimum Gasteiger partial charge on any atom is -0.192 e. The largest absolute Gasteiger partial charge is 0.192 e. The molecule has 1 aromatic carbocycles. The minimum absolute atomic E-state index is 0.740. The molecule has 0 N–H and O–H groups in total. The lowest BCUT2D eigenvalue weighted by atomic mass is 10.0. The highest BCUT2D eigenvalue weighted by molar-refractivity contribution is 9.15. The molecule has 0 bridgehead atoms. The number of rotatable bonds is 1. The number of nitriles is 1. The van der Waals surface area contributed by atoms with Gasteiger partial charge in [-0.3, -0.25) is 0 Å². The molecule has 0 saturated carbocycles. The number of hydrogen-bond acceptors (Lipinski definition) is 1. The van der Waals surface area contributed by atoms with Crippen molar-refractivity contribution in [2.24, 2.45) is 0 Å². The van der Waals surface area contributed by atoms with Crippen LogP contribution < -0.4 is 0 Å². The molecule has 72 valence electrons. The molecule has 0 spiro atoms.